The fourth-order valence-corrected chi connectivity index (χ4v) is 1.30. The fourth-order valence-electron chi connectivity index (χ4n) is 1.30. The first-order valence-electron chi connectivity index (χ1n) is 4.49. The molecule has 0 amide bonds. The van der Waals surface area contributed by atoms with Gasteiger partial charge in [-0.15, -0.1) is 0 Å². The van der Waals surface area contributed by atoms with Crippen molar-refractivity contribution < 1.29 is 0 Å². The highest BCUT2D eigenvalue weighted by Crippen LogP contribution is 2.15. The Bertz CT molecular complexity index is 180. The van der Waals surface area contributed by atoms with E-state index in [1.165, 1.54) is 11.1 Å². The lowest BCUT2D eigenvalue weighted by molar-refractivity contribution is 0.426. The van der Waals surface area contributed by atoms with Crippen LogP contribution in [0.25, 0.3) is 0 Å². The molecule has 0 aromatic rings. The summed E-state index contributed by atoms with van der Waals surface area (Å²) < 4.78 is 0. The van der Waals surface area contributed by atoms with Crippen LogP contribution in [-0.2, 0) is 0 Å². The van der Waals surface area contributed by atoms with Crippen LogP contribution in [0.4, 0.5) is 0 Å². The van der Waals surface area contributed by atoms with E-state index < -0.39 is 0 Å². The summed E-state index contributed by atoms with van der Waals surface area (Å²) in [6.45, 7) is 8.28. The van der Waals surface area contributed by atoms with Gasteiger partial charge in [-0.25, -0.2) is 0 Å². The molecule has 1 rings (SSSR count). The molecular formula is C10H20N2. The largest absolute Gasteiger partial charge is 0.405 e. The molecule has 0 aromatic carbocycles. The Kier molecular flexibility index (Phi) is 5.47. The normalized spacial score (nSPS) is 18.3. The van der Waals surface area contributed by atoms with Gasteiger partial charge in [-0.1, -0.05) is 19.4 Å². The molecule has 0 aliphatic carbocycles. The Labute approximate surface area is 75.7 Å². The molecule has 2 nitrogen and oxygen atoms in total. The quantitative estimate of drug-likeness (QED) is 0.646. The molecule has 0 spiro atoms. The maximum absolute atomic E-state index is 5.28. The Balaban J connectivity index is 0.000000561. The molecule has 2 heteroatoms. The molecule has 1 heterocycles. The Morgan fingerprint density at radius 2 is 1.92 bits per heavy atom. The van der Waals surface area contributed by atoms with Gasteiger partial charge in [0.15, 0.2) is 0 Å². The molecular weight excluding hydrogens is 148 g/mol. The third-order valence-electron chi connectivity index (χ3n) is 1.79. The summed E-state index contributed by atoms with van der Waals surface area (Å²) in [6.07, 6.45) is 3.59. The fraction of sp³-hybridized carbons (Fsp3) is 0.600. The average molecular weight is 168 g/mol. The minimum absolute atomic E-state index is 1.04. The van der Waals surface area contributed by atoms with E-state index in [9.17, 15) is 0 Å². The summed E-state index contributed by atoms with van der Waals surface area (Å²) in [5, 5.41) is 0. The van der Waals surface area contributed by atoms with Crippen LogP contribution in [0.15, 0.2) is 23.4 Å². The first-order chi connectivity index (χ1) is 5.74. The lowest BCUT2D eigenvalue weighted by Gasteiger charge is -2.04. The average Bonchev–Trinajstić information content (AvgIpc) is 2.35. The van der Waals surface area contributed by atoms with Gasteiger partial charge in [-0.3, -0.25) is 4.90 Å². The van der Waals surface area contributed by atoms with Gasteiger partial charge in [0.2, 0.25) is 0 Å². The minimum Gasteiger partial charge on any atom is -0.405 e. The van der Waals surface area contributed by atoms with E-state index >= 15 is 0 Å². The van der Waals surface area contributed by atoms with Crippen molar-refractivity contribution in [3.8, 4) is 0 Å². The second-order valence-electron chi connectivity index (χ2n) is 2.84. The molecule has 0 aromatic heterocycles. The van der Waals surface area contributed by atoms with Crippen molar-refractivity contribution in [1.29, 1.82) is 0 Å². The zero-order valence-electron chi connectivity index (χ0n) is 8.59. The molecule has 0 bridgehead atoms. The summed E-state index contributed by atoms with van der Waals surface area (Å²) >= 11 is 0. The molecule has 0 saturated carbocycles. The number of nitrogens with zero attached hydrogens (tertiary/aromatic N) is 1. The first-order valence-corrected chi connectivity index (χ1v) is 4.49. The Morgan fingerprint density at radius 1 is 1.33 bits per heavy atom. The summed E-state index contributed by atoms with van der Waals surface area (Å²) in [7, 11) is 2.11. The van der Waals surface area contributed by atoms with Crippen LogP contribution < -0.4 is 5.73 Å². The topological polar surface area (TPSA) is 29.3 Å². The summed E-state index contributed by atoms with van der Waals surface area (Å²) in [5.74, 6) is 0. The molecule has 0 unspecified atom stereocenters. The molecule has 0 radical (unpaired) electrons. The molecule has 1 aliphatic heterocycles. The van der Waals surface area contributed by atoms with E-state index in [1.807, 2.05) is 19.9 Å². The van der Waals surface area contributed by atoms with E-state index in [2.05, 4.69) is 18.9 Å². The van der Waals surface area contributed by atoms with Crippen LogP contribution in [0.5, 0.6) is 0 Å². The zero-order valence-corrected chi connectivity index (χ0v) is 8.59. The van der Waals surface area contributed by atoms with Crippen LogP contribution in [0.2, 0.25) is 0 Å². The van der Waals surface area contributed by atoms with Gasteiger partial charge in [0, 0.05) is 13.1 Å². The number of rotatable bonds is 1. The van der Waals surface area contributed by atoms with E-state index in [0.717, 1.165) is 13.1 Å². The minimum atomic E-state index is 1.04. The number of hydrogen-bond acceptors (Lipinski definition) is 2. The van der Waals surface area contributed by atoms with E-state index in [4.69, 9.17) is 5.73 Å². The number of likely N-dealkylation sites (N-methyl/N-ethyl adjacent to an activating group) is 1. The smallest absolute Gasteiger partial charge is 0.0234 e. The van der Waals surface area contributed by atoms with Crippen molar-refractivity contribution in [2.24, 2.45) is 5.73 Å². The van der Waals surface area contributed by atoms with Crippen LogP contribution in [-0.4, -0.2) is 25.0 Å². The van der Waals surface area contributed by atoms with Crippen LogP contribution in [0, 0.1) is 0 Å². The Hall–Kier alpha value is -0.760. The van der Waals surface area contributed by atoms with Crippen molar-refractivity contribution in [3.05, 3.63) is 23.4 Å². The molecule has 0 saturated heterocycles. The van der Waals surface area contributed by atoms with Crippen molar-refractivity contribution in [2.75, 3.05) is 20.1 Å². The third kappa shape index (κ3) is 3.09. The van der Waals surface area contributed by atoms with E-state index in [1.54, 1.807) is 6.20 Å². The second-order valence-corrected chi connectivity index (χ2v) is 2.84. The van der Waals surface area contributed by atoms with Gasteiger partial charge in [-0.2, -0.15) is 0 Å². The molecule has 0 atom stereocenters. The maximum atomic E-state index is 5.28. The number of nitrogens with two attached hydrogens (primary N) is 1. The Morgan fingerprint density at radius 3 is 2.25 bits per heavy atom. The van der Waals surface area contributed by atoms with Crippen molar-refractivity contribution in [3.63, 3.8) is 0 Å². The lowest BCUT2D eigenvalue weighted by atomic mass is 10.2. The highest BCUT2D eigenvalue weighted by molar-refractivity contribution is 5.30. The highest BCUT2D eigenvalue weighted by atomic mass is 15.1. The summed E-state index contributed by atoms with van der Waals surface area (Å²) in [5.41, 5.74) is 8.08. The van der Waals surface area contributed by atoms with Gasteiger partial charge in [0.25, 0.3) is 0 Å². The SMILES string of the molecule is CC.CC1=C(/C=C\N)CN(C)C1. The van der Waals surface area contributed by atoms with E-state index in [-0.39, 0.29) is 0 Å². The summed E-state index contributed by atoms with van der Waals surface area (Å²) in [4.78, 5) is 2.27. The molecule has 0 fully saturated rings. The number of hydrogen-bond donors (Lipinski definition) is 1. The maximum Gasteiger partial charge on any atom is 0.0234 e. The predicted molar refractivity (Wildman–Crippen MR) is 54.9 cm³/mol. The van der Waals surface area contributed by atoms with E-state index in [0.29, 0.717) is 0 Å². The lowest BCUT2D eigenvalue weighted by Crippen LogP contribution is -2.14. The molecule has 2 N–H and O–H groups in total. The van der Waals surface area contributed by atoms with Crippen LogP contribution >= 0.6 is 0 Å². The highest BCUT2D eigenvalue weighted by Gasteiger charge is 2.12. The third-order valence-corrected chi connectivity index (χ3v) is 1.79. The van der Waals surface area contributed by atoms with Gasteiger partial charge < -0.3 is 5.73 Å². The van der Waals surface area contributed by atoms with Gasteiger partial charge >= 0.3 is 0 Å². The van der Waals surface area contributed by atoms with Crippen molar-refractivity contribution in [2.45, 2.75) is 20.8 Å². The summed E-state index contributed by atoms with van der Waals surface area (Å²) in [6, 6.07) is 0. The van der Waals surface area contributed by atoms with Crippen molar-refractivity contribution >= 4 is 0 Å². The van der Waals surface area contributed by atoms with Gasteiger partial charge in [-0.05, 0) is 31.8 Å². The second kappa shape index (κ2) is 5.84. The molecule has 70 valence electrons. The van der Waals surface area contributed by atoms with Gasteiger partial charge in [0.1, 0.15) is 0 Å². The van der Waals surface area contributed by atoms with Crippen molar-refractivity contribution in [1.82, 2.24) is 4.90 Å². The monoisotopic (exact) mass is 168 g/mol. The van der Waals surface area contributed by atoms with Crippen LogP contribution in [0.1, 0.15) is 20.8 Å². The molecule has 1 aliphatic rings. The van der Waals surface area contributed by atoms with Gasteiger partial charge in [0.05, 0.1) is 0 Å². The first kappa shape index (κ1) is 11.2. The zero-order chi connectivity index (χ0) is 9.56. The predicted octanol–water partition coefficient (Wildman–Crippen LogP) is 1.75. The van der Waals surface area contributed by atoms with Crippen LogP contribution in [0.3, 0.4) is 0 Å². The molecule has 12 heavy (non-hydrogen) atoms. The standard InChI is InChI=1S/C8H14N2.C2H6/c1-7-5-10(2)6-8(7)3-4-9;1-2/h3-4H,5-6,9H2,1-2H3;1-2H3/b4-3-;.